The number of ether oxygens (including phenoxy) is 1. The summed E-state index contributed by atoms with van der Waals surface area (Å²) in [6, 6.07) is 7.50. The Morgan fingerprint density at radius 3 is 2.80 bits per heavy atom. The van der Waals surface area contributed by atoms with Gasteiger partial charge in [-0.2, -0.15) is 0 Å². The molecule has 1 atom stereocenters. The van der Waals surface area contributed by atoms with Crippen LogP contribution >= 0.6 is 0 Å². The number of carbonyl (C=O) groups is 1. The monoisotopic (exact) mass is 344 g/mol. The molecule has 0 radical (unpaired) electrons. The van der Waals surface area contributed by atoms with Gasteiger partial charge in [-0.25, -0.2) is 4.79 Å². The predicted molar refractivity (Wildman–Crippen MR) is 93.1 cm³/mol. The topological polar surface area (TPSA) is 79.6 Å². The number of aryl methyl sites for hydroxylation is 1. The van der Waals surface area contributed by atoms with E-state index in [1.165, 1.54) is 0 Å². The van der Waals surface area contributed by atoms with Crippen LogP contribution in [0.5, 0.6) is 0 Å². The zero-order valence-corrected chi connectivity index (χ0v) is 14.4. The fourth-order valence-corrected chi connectivity index (χ4v) is 2.87. The van der Waals surface area contributed by atoms with Gasteiger partial charge in [-0.15, -0.1) is 0 Å². The highest BCUT2D eigenvalue weighted by Crippen LogP contribution is 2.23. The first-order chi connectivity index (χ1) is 12.2. The summed E-state index contributed by atoms with van der Waals surface area (Å²) in [7, 11) is 0. The van der Waals surface area contributed by atoms with Crippen LogP contribution in [0, 0.1) is 6.92 Å². The standard InChI is InChI=1S/C18H24N4O3/c1-14-4-5-17(25-14)16(22-7-9-24-10-8-22)13-21-18(23)20-12-15-3-2-6-19-11-15/h2-6,11,16H,7-10,12-13H2,1H3,(H2,20,21,23)/t16-/m1/s1. The third-order valence-corrected chi connectivity index (χ3v) is 4.21. The summed E-state index contributed by atoms with van der Waals surface area (Å²) in [5.41, 5.74) is 0.962. The van der Waals surface area contributed by atoms with Crippen molar-refractivity contribution in [2.24, 2.45) is 0 Å². The van der Waals surface area contributed by atoms with E-state index in [-0.39, 0.29) is 12.1 Å². The third kappa shape index (κ3) is 5.04. The van der Waals surface area contributed by atoms with Crippen molar-refractivity contribution in [3.05, 3.63) is 53.7 Å². The Hall–Kier alpha value is -2.38. The lowest BCUT2D eigenvalue weighted by molar-refractivity contribution is 0.0121. The largest absolute Gasteiger partial charge is 0.465 e. The summed E-state index contributed by atoms with van der Waals surface area (Å²) in [4.78, 5) is 18.4. The van der Waals surface area contributed by atoms with Gasteiger partial charge in [-0.3, -0.25) is 9.88 Å². The average molecular weight is 344 g/mol. The lowest BCUT2D eigenvalue weighted by atomic mass is 10.1. The summed E-state index contributed by atoms with van der Waals surface area (Å²) >= 11 is 0. The molecule has 134 valence electrons. The lowest BCUT2D eigenvalue weighted by Crippen LogP contribution is -2.45. The van der Waals surface area contributed by atoms with Gasteiger partial charge in [-0.05, 0) is 30.7 Å². The van der Waals surface area contributed by atoms with Crippen LogP contribution in [0.3, 0.4) is 0 Å². The van der Waals surface area contributed by atoms with Gasteiger partial charge in [0.2, 0.25) is 0 Å². The number of aromatic nitrogens is 1. The van der Waals surface area contributed by atoms with Crippen molar-refractivity contribution >= 4 is 6.03 Å². The molecule has 2 amide bonds. The molecule has 7 heteroatoms. The normalized spacial score (nSPS) is 16.4. The molecular formula is C18H24N4O3. The van der Waals surface area contributed by atoms with E-state index < -0.39 is 0 Å². The van der Waals surface area contributed by atoms with Crippen LogP contribution in [-0.4, -0.2) is 48.8 Å². The van der Waals surface area contributed by atoms with Crippen LogP contribution in [-0.2, 0) is 11.3 Å². The maximum absolute atomic E-state index is 12.1. The molecule has 0 bridgehead atoms. The zero-order valence-electron chi connectivity index (χ0n) is 14.4. The van der Waals surface area contributed by atoms with Crippen molar-refractivity contribution in [1.29, 1.82) is 0 Å². The van der Waals surface area contributed by atoms with Crippen LogP contribution in [0.1, 0.15) is 23.1 Å². The van der Waals surface area contributed by atoms with Crippen LogP contribution < -0.4 is 10.6 Å². The number of amides is 2. The second-order valence-electron chi connectivity index (χ2n) is 6.04. The Kier molecular flexibility index (Phi) is 6.03. The molecule has 3 heterocycles. The number of hydrogen-bond acceptors (Lipinski definition) is 5. The quantitative estimate of drug-likeness (QED) is 0.836. The smallest absolute Gasteiger partial charge is 0.315 e. The maximum atomic E-state index is 12.1. The number of urea groups is 1. The minimum absolute atomic E-state index is 0.00161. The van der Waals surface area contributed by atoms with E-state index >= 15 is 0 Å². The first kappa shape index (κ1) is 17.4. The van der Waals surface area contributed by atoms with Crippen LogP contribution in [0.15, 0.2) is 41.1 Å². The number of rotatable bonds is 6. The first-order valence-electron chi connectivity index (χ1n) is 8.51. The highest BCUT2D eigenvalue weighted by Gasteiger charge is 2.25. The first-order valence-corrected chi connectivity index (χ1v) is 8.51. The highest BCUT2D eigenvalue weighted by molar-refractivity contribution is 5.73. The second kappa shape index (κ2) is 8.64. The molecule has 25 heavy (non-hydrogen) atoms. The van der Waals surface area contributed by atoms with E-state index in [0.29, 0.717) is 26.3 Å². The fourth-order valence-electron chi connectivity index (χ4n) is 2.87. The van der Waals surface area contributed by atoms with Crippen molar-refractivity contribution in [3.63, 3.8) is 0 Å². The van der Waals surface area contributed by atoms with Gasteiger partial charge in [0.15, 0.2) is 0 Å². The van der Waals surface area contributed by atoms with Crippen molar-refractivity contribution in [2.75, 3.05) is 32.8 Å². The molecule has 1 fully saturated rings. The molecule has 3 rings (SSSR count). The molecule has 0 spiro atoms. The molecule has 2 N–H and O–H groups in total. The van der Waals surface area contributed by atoms with E-state index in [1.54, 1.807) is 12.4 Å². The molecule has 1 saturated heterocycles. The number of nitrogens with one attached hydrogen (secondary N) is 2. The van der Waals surface area contributed by atoms with Gasteiger partial charge in [0.25, 0.3) is 0 Å². The molecule has 0 aromatic carbocycles. The van der Waals surface area contributed by atoms with Gasteiger partial charge in [0.05, 0.1) is 19.3 Å². The Labute approximate surface area is 147 Å². The Morgan fingerprint density at radius 2 is 2.12 bits per heavy atom. The summed E-state index contributed by atoms with van der Waals surface area (Å²) in [6.45, 7) is 5.89. The summed E-state index contributed by atoms with van der Waals surface area (Å²) in [5, 5.41) is 5.80. The number of hydrogen-bond donors (Lipinski definition) is 2. The number of pyridine rings is 1. The van der Waals surface area contributed by atoms with Gasteiger partial charge in [-0.1, -0.05) is 6.07 Å². The number of furan rings is 1. The summed E-state index contributed by atoms with van der Waals surface area (Å²) < 4.78 is 11.2. The van der Waals surface area contributed by atoms with Gasteiger partial charge in [0.1, 0.15) is 11.5 Å². The van der Waals surface area contributed by atoms with Gasteiger partial charge >= 0.3 is 6.03 Å². The number of carbonyl (C=O) groups excluding carboxylic acids is 1. The van der Waals surface area contributed by atoms with Gasteiger partial charge in [0, 0.05) is 38.6 Å². The minimum atomic E-state index is -0.203. The van der Waals surface area contributed by atoms with Crippen LogP contribution in [0.4, 0.5) is 4.79 Å². The fraction of sp³-hybridized carbons (Fsp3) is 0.444. The number of morpholine rings is 1. The van der Waals surface area contributed by atoms with E-state index in [9.17, 15) is 4.79 Å². The summed E-state index contributed by atoms with van der Waals surface area (Å²) in [6.07, 6.45) is 3.45. The van der Waals surface area contributed by atoms with Crippen LogP contribution in [0.25, 0.3) is 0 Å². The van der Waals surface area contributed by atoms with E-state index in [1.807, 2.05) is 31.2 Å². The van der Waals surface area contributed by atoms with Crippen molar-refractivity contribution in [1.82, 2.24) is 20.5 Å². The average Bonchev–Trinajstić information content (AvgIpc) is 3.08. The second-order valence-corrected chi connectivity index (χ2v) is 6.04. The molecular weight excluding hydrogens is 320 g/mol. The summed E-state index contributed by atoms with van der Waals surface area (Å²) in [5.74, 6) is 1.74. The Morgan fingerprint density at radius 1 is 1.28 bits per heavy atom. The van der Waals surface area contributed by atoms with E-state index in [0.717, 1.165) is 30.2 Å². The third-order valence-electron chi connectivity index (χ3n) is 4.21. The van der Waals surface area contributed by atoms with Crippen molar-refractivity contribution in [3.8, 4) is 0 Å². The molecule has 1 aliphatic heterocycles. The Balaban J connectivity index is 1.55. The van der Waals surface area contributed by atoms with Crippen molar-refractivity contribution in [2.45, 2.75) is 19.5 Å². The maximum Gasteiger partial charge on any atom is 0.315 e. The van der Waals surface area contributed by atoms with E-state index in [2.05, 4.69) is 20.5 Å². The van der Waals surface area contributed by atoms with E-state index in [4.69, 9.17) is 9.15 Å². The van der Waals surface area contributed by atoms with Crippen molar-refractivity contribution < 1.29 is 13.9 Å². The molecule has 0 aliphatic carbocycles. The molecule has 2 aromatic heterocycles. The molecule has 7 nitrogen and oxygen atoms in total. The molecule has 0 unspecified atom stereocenters. The number of nitrogens with zero attached hydrogens (tertiary/aromatic N) is 2. The lowest BCUT2D eigenvalue weighted by Gasteiger charge is -2.33. The molecule has 2 aromatic rings. The highest BCUT2D eigenvalue weighted by atomic mass is 16.5. The Bertz CT molecular complexity index is 668. The van der Waals surface area contributed by atoms with Gasteiger partial charge < -0.3 is 19.8 Å². The molecule has 0 saturated carbocycles. The SMILES string of the molecule is Cc1ccc([C@@H](CNC(=O)NCc2cccnc2)N2CCOCC2)o1. The molecule has 1 aliphatic rings. The zero-order chi connectivity index (χ0) is 17.5. The minimum Gasteiger partial charge on any atom is -0.465 e. The van der Waals surface area contributed by atoms with Crippen LogP contribution in [0.2, 0.25) is 0 Å². The predicted octanol–water partition coefficient (Wildman–Crippen LogP) is 1.86.